The predicted molar refractivity (Wildman–Crippen MR) is 29.0 cm³/mol. The molecule has 0 fully saturated rings. The van der Waals surface area contributed by atoms with Gasteiger partial charge in [0.15, 0.2) is 0 Å². The van der Waals surface area contributed by atoms with Gasteiger partial charge in [-0.1, -0.05) is 12.6 Å². The van der Waals surface area contributed by atoms with Gasteiger partial charge in [-0.2, -0.15) is 0 Å². The first-order valence-corrected chi connectivity index (χ1v) is 2.80. The van der Waals surface area contributed by atoms with Gasteiger partial charge in [0.2, 0.25) is 0 Å². The molecular formula is C2H4O2S2. The summed E-state index contributed by atoms with van der Waals surface area (Å²) in [7, 11) is 0. The summed E-state index contributed by atoms with van der Waals surface area (Å²) >= 11 is 4.28. The van der Waals surface area contributed by atoms with Crippen LogP contribution in [-0.2, 0) is 4.18 Å². The fourth-order valence-corrected chi connectivity index (χ4v) is 0.437. The van der Waals surface area contributed by atoms with E-state index in [0.29, 0.717) is 0 Å². The van der Waals surface area contributed by atoms with Crippen LogP contribution >= 0.6 is 24.7 Å². The molecule has 0 spiro atoms. The summed E-state index contributed by atoms with van der Waals surface area (Å²) in [6.07, 6.45) is 1.65. The van der Waals surface area contributed by atoms with E-state index in [1.807, 2.05) is 0 Å². The van der Waals surface area contributed by atoms with Crippen LogP contribution in [0.3, 0.4) is 0 Å². The molecular weight excluding hydrogens is 120 g/mol. The Kier molecular flexibility index (Phi) is 3.46. The maximum Gasteiger partial charge on any atom is 0.376 e. The van der Waals surface area contributed by atoms with E-state index in [4.69, 9.17) is 0 Å². The Bertz CT molecular complexity index is 53.5. The molecule has 0 amide bonds. The Labute approximate surface area is 45.9 Å². The minimum absolute atomic E-state index is 0.553. The second-order valence-corrected chi connectivity index (χ2v) is 1.38. The third-order valence-electron chi connectivity index (χ3n) is 0.155. The van der Waals surface area contributed by atoms with Crippen LogP contribution in [0.4, 0.5) is 4.79 Å². The summed E-state index contributed by atoms with van der Waals surface area (Å²) in [6, 6.07) is 0. The second kappa shape index (κ2) is 3.36. The van der Waals surface area contributed by atoms with Crippen LogP contribution in [0.5, 0.6) is 0 Å². The Balaban J connectivity index is 2.83. The van der Waals surface area contributed by atoms with Crippen LogP contribution in [-0.4, -0.2) is 11.6 Å². The fourth-order valence-electron chi connectivity index (χ4n) is 0.0713. The normalized spacial score (nSPS) is 7.67. The Morgan fingerprint density at radius 1 is 2.00 bits per heavy atom. The van der Waals surface area contributed by atoms with Gasteiger partial charge in [0.25, 0.3) is 0 Å². The third-order valence-corrected chi connectivity index (χ3v) is 0.687. The van der Waals surface area contributed by atoms with Gasteiger partial charge in [-0.15, -0.1) is 0 Å². The summed E-state index contributed by atoms with van der Waals surface area (Å²) in [5.74, 6) is 0. The van der Waals surface area contributed by atoms with Crippen LogP contribution in [0.15, 0.2) is 0 Å². The van der Waals surface area contributed by atoms with Crippen LogP contribution < -0.4 is 0 Å². The number of rotatable bonds is 1. The van der Waals surface area contributed by atoms with Crippen LogP contribution in [0.1, 0.15) is 0 Å². The Morgan fingerprint density at radius 2 is 2.50 bits per heavy atom. The predicted octanol–water partition coefficient (Wildman–Crippen LogP) is 1.33. The van der Waals surface area contributed by atoms with Gasteiger partial charge in [0.05, 0.1) is 12.0 Å². The highest BCUT2D eigenvalue weighted by Crippen LogP contribution is 1.97. The molecule has 0 aliphatic carbocycles. The van der Waals surface area contributed by atoms with Gasteiger partial charge in [-0.3, -0.25) is 0 Å². The van der Waals surface area contributed by atoms with E-state index in [1.54, 1.807) is 6.26 Å². The first-order valence-electron chi connectivity index (χ1n) is 1.21. The number of hydrogen-bond donors (Lipinski definition) is 1. The molecule has 4 heteroatoms. The van der Waals surface area contributed by atoms with Crippen molar-refractivity contribution in [3.05, 3.63) is 0 Å². The number of carbonyl (C=O) groups excluding carboxylic acids is 1. The average Bonchev–Trinajstić information content (AvgIpc) is 1.35. The minimum atomic E-state index is -0.553. The van der Waals surface area contributed by atoms with Crippen molar-refractivity contribution in [2.75, 3.05) is 6.26 Å². The van der Waals surface area contributed by atoms with Gasteiger partial charge in [-0.05, 0) is 0 Å². The molecule has 0 saturated carbocycles. The smallest absolute Gasteiger partial charge is 0.376 e. The van der Waals surface area contributed by atoms with Crippen LogP contribution in [0.2, 0.25) is 0 Å². The topological polar surface area (TPSA) is 26.3 Å². The lowest BCUT2D eigenvalue weighted by Gasteiger charge is -1.85. The number of carbonyl (C=O) groups is 1. The van der Waals surface area contributed by atoms with E-state index in [9.17, 15) is 4.79 Å². The molecule has 0 radical (unpaired) electrons. The quantitative estimate of drug-likeness (QED) is 0.422. The summed E-state index contributed by atoms with van der Waals surface area (Å²) in [6.45, 7) is 0. The molecule has 0 atom stereocenters. The van der Waals surface area contributed by atoms with Crippen LogP contribution in [0.25, 0.3) is 0 Å². The van der Waals surface area contributed by atoms with Crippen molar-refractivity contribution in [1.82, 2.24) is 0 Å². The molecule has 0 N–H and O–H groups in total. The van der Waals surface area contributed by atoms with Gasteiger partial charge < -0.3 is 4.18 Å². The Morgan fingerprint density at radius 3 is 2.50 bits per heavy atom. The molecule has 0 aromatic carbocycles. The first-order chi connectivity index (χ1) is 2.77. The monoisotopic (exact) mass is 124 g/mol. The summed E-state index contributed by atoms with van der Waals surface area (Å²) in [4.78, 5) is 9.66. The SMILES string of the molecule is CSOC(=O)S. The summed E-state index contributed by atoms with van der Waals surface area (Å²) in [5.41, 5.74) is 0. The Hall–Kier alpha value is 0.170. The zero-order valence-corrected chi connectivity index (χ0v) is 4.88. The fraction of sp³-hybridized carbons (Fsp3) is 0.500. The molecule has 0 aliphatic heterocycles. The van der Waals surface area contributed by atoms with Crippen molar-refractivity contribution in [2.45, 2.75) is 0 Å². The molecule has 0 aromatic rings. The molecule has 0 bridgehead atoms. The maximum atomic E-state index is 9.66. The average molecular weight is 124 g/mol. The van der Waals surface area contributed by atoms with Crippen molar-refractivity contribution in [3.63, 3.8) is 0 Å². The number of hydrogen-bond acceptors (Lipinski definition) is 3. The zero-order chi connectivity index (χ0) is 4.99. The highest BCUT2D eigenvalue weighted by Gasteiger charge is 1.85. The highest BCUT2D eigenvalue weighted by atomic mass is 32.2. The summed E-state index contributed by atoms with van der Waals surface area (Å²) < 4.78 is 4.18. The molecule has 0 rings (SSSR count). The third kappa shape index (κ3) is 4.17. The van der Waals surface area contributed by atoms with E-state index < -0.39 is 5.30 Å². The van der Waals surface area contributed by atoms with Gasteiger partial charge >= 0.3 is 5.30 Å². The minimum Gasteiger partial charge on any atom is -0.384 e. The second-order valence-electron chi connectivity index (χ2n) is 0.516. The van der Waals surface area contributed by atoms with E-state index in [2.05, 4.69) is 16.8 Å². The van der Waals surface area contributed by atoms with E-state index in [-0.39, 0.29) is 0 Å². The van der Waals surface area contributed by atoms with Crippen molar-refractivity contribution in [2.24, 2.45) is 0 Å². The molecule has 0 unspecified atom stereocenters. The molecule has 6 heavy (non-hydrogen) atoms. The molecule has 36 valence electrons. The standard InChI is InChI=1S/C2H4O2S2/c1-6-4-2(3)5/h1H3,(H,3,5). The molecule has 0 saturated heterocycles. The van der Waals surface area contributed by atoms with Crippen LogP contribution in [0, 0.1) is 0 Å². The number of thiol groups is 1. The van der Waals surface area contributed by atoms with E-state index >= 15 is 0 Å². The van der Waals surface area contributed by atoms with Crippen molar-refractivity contribution in [1.29, 1.82) is 0 Å². The lowest BCUT2D eigenvalue weighted by molar-refractivity contribution is 0.234. The molecule has 0 heterocycles. The van der Waals surface area contributed by atoms with Crippen molar-refractivity contribution >= 4 is 30.0 Å². The maximum absolute atomic E-state index is 9.66. The van der Waals surface area contributed by atoms with Gasteiger partial charge in [0.1, 0.15) is 0 Å². The lowest BCUT2D eigenvalue weighted by Crippen LogP contribution is -1.78. The van der Waals surface area contributed by atoms with Crippen molar-refractivity contribution in [3.8, 4) is 0 Å². The van der Waals surface area contributed by atoms with E-state index in [0.717, 1.165) is 12.0 Å². The molecule has 0 aromatic heterocycles. The van der Waals surface area contributed by atoms with E-state index in [1.165, 1.54) is 0 Å². The van der Waals surface area contributed by atoms with Crippen molar-refractivity contribution < 1.29 is 8.98 Å². The largest absolute Gasteiger partial charge is 0.384 e. The highest BCUT2D eigenvalue weighted by molar-refractivity contribution is 8.00. The molecule has 0 aliphatic rings. The van der Waals surface area contributed by atoms with Gasteiger partial charge in [-0.25, -0.2) is 4.79 Å². The van der Waals surface area contributed by atoms with Gasteiger partial charge in [0, 0.05) is 6.26 Å². The molecule has 2 nitrogen and oxygen atoms in total. The lowest BCUT2D eigenvalue weighted by atomic mass is 11.6. The first kappa shape index (κ1) is 6.17. The zero-order valence-electron chi connectivity index (χ0n) is 3.17. The summed E-state index contributed by atoms with van der Waals surface area (Å²) in [5, 5.41) is -0.553.